The maximum Gasteiger partial charge on any atom is 0.466 e. The molecule has 0 unspecified atom stereocenters. The highest BCUT2D eigenvalue weighted by atomic mass is 19.3. The van der Waals surface area contributed by atoms with E-state index in [1.54, 1.807) is 0 Å². The zero-order valence-electron chi connectivity index (χ0n) is 6.79. The molecule has 72 valence electrons. The van der Waals surface area contributed by atoms with Gasteiger partial charge in [-0.1, -0.05) is 0 Å². The van der Waals surface area contributed by atoms with Gasteiger partial charge in [0.05, 0.1) is 5.56 Å². The minimum Gasteiger partial charge on any atom is -0.426 e. The molecule has 0 amide bonds. The van der Waals surface area contributed by atoms with Crippen LogP contribution in [0.4, 0.5) is 8.78 Å². The van der Waals surface area contributed by atoms with E-state index in [1.165, 1.54) is 12.1 Å². The lowest BCUT2D eigenvalue weighted by atomic mass is 10.1. The van der Waals surface area contributed by atoms with Gasteiger partial charge < -0.3 is 4.74 Å². The number of benzene rings is 1. The summed E-state index contributed by atoms with van der Waals surface area (Å²) in [5, 5.41) is 0. The van der Waals surface area contributed by atoms with Crippen LogP contribution in [0, 0.1) is 0 Å². The molecule has 1 aliphatic heterocycles. The SMILES string of the molecule is O=Cc1ccc2c(c1)C(=O)C(F)(F)O2. The highest BCUT2D eigenvalue weighted by Gasteiger charge is 2.49. The molecule has 2 rings (SSSR count). The maximum atomic E-state index is 12.7. The number of aldehydes is 1. The fraction of sp³-hybridized carbons (Fsp3) is 0.111. The predicted octanol–water partition coefficient (Wildman–Crippen LogP) is 1.67. The number of fused-ring (bicyclic) bond motifs is 1. The van der Waals surface area contributed by atoms with Crippen molar-refractivity contribution in [2.45, 2.75) is 6.11 Å². The fourth-order valence-electron chi connectivity index (χ4n) is 1.23. The van der Waals surface area contributed by atoms with E-state index in [-0.39, 0.29) is 16.9 Å². The molecule has 0 bridgehead atoms. The average Bonchev–Trinajstić information content (AvgIpc) is 2.38. The van der Waals surface area contributed by atoms with Crippen molar-refractivity contribution >= 4 is 12.1 Å². The molecule has 0 fully saturated rings. The van der Waals surface area contributed by atoms with E-state index in [2.05, 4.69) is 4.74 Å². The third kappa shape index (κ3) is 1.09. The second-order valence-corrected chi connectivity index (χ2v) is 2.82. The number of hydrogen-bond acceptors (Lipinski definition) is 3. The smallest absolute Gasteiger partial charge is 0.426 e. The van der Waals surface area contributed by atoms with Crippen LogP contribution < -0.4 is 4.74 Å². The lowest BCUT2D eigenvalue weighted by molar-refractivity contribution is -0.123. The Balaban J connectivity index is 2.56. The van der Waals surface area contributed by atoms with E-state index in [0.29, 0.717) is 6.29 Å². The quantitative estimate of drug-likeness (QED) is 0.644. The molecule has 0 atom stereocenters. The molecule has 1 aromatic rings. The second kappa shape index (κ2) is 2.60. The average molecular weight is 198 g/mol. The van der Waals surface area contributed by atoms with Gasteiger partial charge in [0.15, 0.2) is 0 Å². The number of carbonyl (C=O) groups is 2. The van der Waals surface area contributed by atoms with Crippen molar-refractivity contribution in [3.8, 4) is 5.75 Å². The fourth-order valence-corrected chi connectivity index (χ4v) is 1.23. The summed E-state index contributed by atoms with van der Waals surface area (Å²) in [6, 6.07) is 3.57. The molecule has 0 spiro atoms. The van der Waals surface area contributed by atoms with Crippen LogP contribution in [0.3, 0.4) is 0 Å². The van der Waals surface area contributed by atoms with Gasteiger partial charge >= 0.3 is 6.11 Å². The highest BCUT2D eigenvalue weighted by molar-refractivity contribution is 6.06. The van der Waals surface area contributed by atoms with Crippen LogP contribution in [-0.4, -0.2) is 18.2 Å². The van der Waals surface area contributed by atoms with Crippen LogP contribution in [-0.2, 0) is 0 Å². The number of carbonyl (C=O) groups excluding carboxylic acids is 2. The van der Waals surface area contributed by atoms with Crippen molar-refractivity contribution in [3.63, 3.8) is 0 Å². The lowest BCUT2D eigenvalue weighted by Crippen LogP contribution is -2.28. The highest BCUT2D eigenvalue weighted by Crippen LogP contribution is 2.37. The molecular formula is C9H4F2O3. The van der Waals surface area contributed by atoms with E-state index >= 15 is 0 Å². The van der Waals surface area contributed by atoms with Gasteiger partial charge in [-0.15, -0.1) is 0 Å². The topological polar surface area (TPSA) is 43.4 Å². The largest absolute Gasteiger partial charge is 0.466 e. The maximum absolute atomic E-state index is 12.7. The van der Waals surface area contributed by atoms with Crippen molar-refractivity contribution in [2.24, 2.45) is 0 Å². The number of halogens is 2. The molecule has 0 N–H and O–H groups in total. The first-order valence-electron chi connectivity index (χ1n) is 3.75. The van der Waals surface area contributed by atoms with E-state index in [1.807, 2.05) is 0 Å². The molecule has 14 heavy (non-hydrogen) atoms. The molecule has 1 aromatic carbocycles. The summed E-state index contributed by atoms with van der Waals surface area (Å²) < 4.78 is 29.5. The molecule has 5 heteroatoms. The van der Waals surface area contributed by atoms with Gasteiger partial charge in [-0.25, -0.2) is 0 Å². The summed E-state index contributed by atoms with van der Waals surface area (Å²) in [6.45, 7) is 0. The van der Waals surface area contributed by atoms with Crippen LogP contribution >= 0.6 is 0 Å². The summed E-state index contributed by atoms with van der Waals surface area (Å²) in [7, 11) is 0. The number of ether oxygens (including phenoxy) is 1. The lowest BCUT2D eigenvalue weighted by Gasteiger charge is -2.04. The summed E-state index contributed by atoms with van der Waals surface area (Å²) in [5.41, 5.74) is -0.0852. The third-order valence-corrected chi connectivity index (χ3v) is 1.89. The van der Waals surface area contributed by atoms with Crippen molar-refractivity contribution in [2.75, 3.05) is 0 Å². The molecule has 3 nitrogen and oxygen atoms in total. The number of rotatable bonds is 1. The van der Waals surface area contributed by atoms with Crippen LogP contribution in [0.1, 0.15) is 20.7 Å². The first kappa shape index (κ1) is 8.80. The van der Waals surface area contributed by atoms with Crippen molar-refractivity contribution in [1.29, 1.82) is 0 Å². The van der Waals surface area contributed by atoms with Crippen LogP contribution in [0.25, 0.3) is 0 Å². The minimum absolute atomic E-state index is 0.165. The molecule has 1 aliphatic rings. The van der Waals surface area contributed by atoms with Gasteiger partial charge in [0.2, 0.25) is 0 Å². The van der Waals surface area contributed by atoms with Crippen molar-refractivity contribution in [3.05, 3.63) is 29.3 Å². The first-order chi connectivity index (χ1) is 6.54. The Morgan fingerprint density at radius 3 is 2.71 bits per heavy atom. The number of Topliss-reactive ketones (excluding diaryl/α,β-unsaturated/α-hetero) is 1. The summed E-state index contributed by atoms with van der Waals surface area (Å²) in [6.07, 6.45) is -3.33. The zero-order valence-corrected chi connectivity index (χ0v) is 6.79. The van der Waals surface area contributed by atoms with Gasteiger partial charge in [-0.2, -0.15) is 8.78 Å². The Labute approximate surface area is 77.3 Å². The first-order valence-corrected chi connectivity index (χ1v) is 3.75. The molecule has 0 aliphatic carbocycles. The van der Waals surface area contributed by atoms with Crippen molar-refractivity contribution < 1.29 is 23.1 Å². The summed E-state index contributed by atoms with van der Waals surface area (Å²) in [4.78, 5) is 21.3. The Morgan fingerprint density at radius 2 is 2.07 bits per heavy atom. The standard InChI is InChI=1S/C9H4F2O3/c10-9(11)8(13)6-3-5(4-12)1-2-7(6)14-9/h1-4H. The van der Waals surface area contributed by atoms with E-state index in [4.69, 9.17) is 0 Å². The van der Waals surface area contributed by atoms with Gasteiger partial charge in [0, 0.05) is 5.56 Å². The van der Waals surface area contributed by atoms with Gasteiger partial charge in [-0.3, -0.25) is 9.59 Å². The Morgan fingerprint density at radius 1 is 1.36 bits per heavy atom. The van der Waals surface area contributed by atoms with Crippen LogP contribution in [0.2, 0.25) is 0 Å². The summed E-state index contributed by atoms with van der Waals surface area (Å²) >= 11 is 0. The van der Waals surface area contributed by atoms with E-state index < -0.39 is 11.9 Å². The molecular weight excluding hydrogens is 194 g/mol. The van der Waals surface area contributed by atoms with Crippen LogP contribution in [0.5, 0.6) is 5.75 Å². The number of ketones is 1. The van der Waals surface area contributed by atoms with Gasteiger partial charge in [0.1, 0.15) is 12.0 Å². The predicted molar refractivity (Wildman–Crippen MR) is 41.7 cm³/mol. The van der Waals surface area contributed by atoms with E-state index in [9.17, 15) is 18.4 Å². The Hall–Kier alpha value is -1.78. The van der Waals surface area contributed by atoms with Crippen molar-refractivity contribution in [1.82, 2.24) is 0 Å². The monoisotopic (exact) mass is 198 g/mol. The van der Waals surface area contributed by atoms with E-state index in [0.717, 1.165) is 6.07 Å². The minimum atomic E-state index is -3.80. The number of alkyl halides is 2. The molecule has 0 saturated heterocycles. The van der Waals surface area contributed by atoms with Gasteiger partial charge in [0.25, 0.3) is 5.78 Å². The zero-order chi connectivity index (χ0) is 10.3. The Kier molecular flexibility index (Phi) is 1.64. The molecule has 0 aromatic heterocycles. The van der Waals surface area contributed by atoms with Gasteiger partial charge in [-0.05, 0) is 18.2 Å². The van der Waals surface area contributed by atoms with Crippen LogP contribution in [0.15, 0.2) is 18.2 Å². The number of hydrogen-bond donors (Lipinski definition) is 0. The molecule has 0 radical (unpaired) electrons. The Bertz CT molecular complexity index is 426. The molecule has 0 saturated carbocycles. The third-order valence-electron chi connectivity index (χ3n) is 1.89. The summed E-state index contributed by atoms with van der Waals surface area (Å²) in [5.74, 6) is -1.60. The molecule has 1 heterocycles. The second-order valence-electron chi connectivity index (χ2n) is 2.82. The normalized spacial score (nSPS) is 17.4.